The molecule has 1 N–H and O–H groups in total. The molecule has 3 rings (SSSR count). The molecule has 1 heterocycles. The Bertz CT molecular complexity index is 667. The molecule has 1 aliphatic rings. The molecule has 3 atom stereocenters. The van der Waals surface area contributed by atoms with E-state index in [0.717, 1.165) is 12.2 Å². The first kappa shape index (κ1) is 14.8. The molecule has 0 saturated carbocycles. The lowest BCUT2D eigenvalue weighted by atomic mass is 9.64. The van der Waals surface area contributed by atoms with Crippen LogP contribution in [0.15, 0.2) is 66.5 Å². The van der Waals surface area contributed by atoms with E-state index in [1.54, 1.807) is 0 Å². The third-order valence-electron chi connectivity index (χ3n) is 5.15. The van der Waals surface area contributed by atoms with Crippen molar-refractivity contribution in [1.29, 1.82) is 0 Å². The predicted octanol–water partition coefficient (Wildman–Crippen LogP) is 5.21. The summed E-state index contributed by atoms with van der Waals surface area (Å²) in [5.41, 5.74) is 2.92. The van der Waals surface area contributed by atoms with Crippen LogP contribution in [-0.4, -0.2) is 9.97 Å². The molecule has 0 bridgehead atoms. The van der Waals surface area contributed by atoms with Gasteiger partial charge in [-0.2, -0.15) is 0 Å². The van der Waals surface area contributed by atoms with E-state index in [4.69, 9.17) is 0 Å². The molecule has 1 aromatic heterocycles. The van der Waals surface area contributed by atoms with Gasteiger partial charge in [-0.15, -0.1) is 0 Å². The van der Waals surface area contributed by atoms with Crippen molar-refractivity contribution in [1.82, 2.24) is 9.97 Å². The number of H-pyrrole nitrogens is 1. The zero-order valence-electron chi connectivity index (χ0n) is 13.6. The number of aromatic nitrogens is 2. The first-order valence-corrected chi connectivity index (χ1v) is 8.01. The minimum Gasteiger partial charge on any atom is -0.348 e. The number of hydrogen-bond acceptors (Lipinski definition) is 1. The summed E-state index contributed by atoms with van der Waals surface area (Å²) < 4.78 is 0. The topological polar surface area (TPSA) is 28.7 Å². The van der Waals surface area contributed by atoms with Crippen LogP contribution in [0.5, 0.6) is 0 Å². The van der Waals surface area contributed by atoms with Crippen LogP contribution in [0, 0.1) is 5.41 Å². The van der Waals surface area contributed by atoms with Crippen LogP contribution in [0.2, 0.25) is 0 Å². The van der Waals surface area contributed by atoms with Crippen molar-refractivity contribution >= 4 is 0 Å². The Balaban J connectivity index is 1.91. The van der Waals surface area contributed by atoms with Gasteiger partial charge in [0.15, 0.2) is 0 Å². The average Bonchev–Trinajstić information content (AvgIpc) is 3.05. The number of nitrogens with zero attached hydrogens (tertiary/aromatic N) is 1. The Morgan fingerprint density at radius 2 is 2.05 bits per heavy atom. The normalized spacial score (nSPS) is 25.8. The third kappa shape index (κ3) is 2.66. The second-order valence-electron chi connectivity index (χ2n) is 6.62. The van der Waals surface area contributed by atoms with E-state index in [0.29, 0.717) is 11.8 Å². The molecule has 3 unspecified atom stereocenters. The fourth-order valence-corrected chi connectivity index (χ4v) is 3.62. The Kier molecular flexibility index (Phi) is 4.02. The standard InChI is InChI=1S/C20H24N2/c1-15(17-9-5-4-6-10-17)14-20(3)16(2)8-7-11-18(20)19-21-12-13-22-19/h4-13,15,18H,14H2,1-3H3,(H,21,22). The van der Waals surface area contributed by atoms with Crippen molar-refractivity contribution in [3.63, 3.8) is 0 Å². The van der Waals surface area contributed by atoms with Gasteiger partial charge in [-0.1, -0.05) is 68.0 Å². The molecule has 0 aliphatic heterocycles. The summed E-state index contributed by atoms with van der Waals surface area (Å²) in [6, 6.07) is 10.8. The van der Waals surface area contributed by atoms with Gasteiger partial charge in [0.1, 0.15) is 5.82 Å². The molecule has 22 heavy (non-hydrogen) atoms. The summed E-state index contributed by atoms with van der Waals surface area (Å²) in [5, 5.41) is 0. The van der Waals surface area contributed by atoms with Crippen LogP contribution in [0.3, 0.4) is 0 Å². The molecular formula is C20H24N2. The number of allylic oxidation sites excluding steroid dienone is 4. The van der Waals surface area contributed by atoms with Crippen molar-refractivity contribution in [3.8, 4) is 0 Å². The lowest BCUT2D eigenvalue weighted by Gasteiger charge is -2.40. The SMILES string of the molecule is CC1=CC=CC(c2ncc[nH]2)C1(C)CC(C)c1ccccc1. The molecule has 0 spiro atoms. The lowest BCUT2D eigenvalue weighted by Crippen LogP contribution is -2.30. The minimum atomic E-state index is 0.0852. The number of imidazole rings is 1. The number of hydrogen-bond donors (Lipinski definition) is 1. The largest absolute Gasteiger partial charge is 0.348 e. The molecule has 1 aromatic carbocycles. The molecular weight excluding hydrogens is 268 g/mol. The molecule has 2 nitrogen and oxygen atoms in total. The fraction of sp³-hybridized carbons (Fsp3) is 0.350. The summed E-state index contributed by atoms with van der Waals surface area (Å²) in [6.07, 6.45) is 11.6. The molecule has 114 valence electrons. The van der Waals surface area contributed by atoms with Crippen LogP contribution in [0.25, 0.3) is 0 Å². The van der Waals surface area contributed by atoms with Crippen molar-refractivity contribution in [2.75, 3.05) is 0 Å². The predicted molar refractivity (Wildman–Crippen MR) is 91.8 cm³/mol. The van der Waals surface area contributed by atoms with Gasteiger partial charge in [-0.3, -0.25) is 0 Å². The van der Waals surface area contributed by atoms with Gasteiger partial charge in [0, 0.05) is 23.7 Å². The maximum atomic E-state index is 4.52. The van der Waals surface area contributed by atoms with Crippen LogP contribution >= 0.6 is 0 Å². The summed E-state index contributed by atoms with van der Waals surface area (Å²) in [7, 11) is 0. The molecule has 1 aliphatic carbocycles. The quantitative estimate of drug-likeness (QED) is 0.823. The highest BCUT2D eigenvalue weighted by Gasteiger charge is 2.39. The maximum Gasteiger partial charge on any atom is 0.113 e. The van der Waals surface area contributed by atoms with Gasteiger partial charge in [-0.25, -0.2) is 4.98 Å². The van der Waals surface area contributed by atoms with E-state index in [2.05, 4.69) is 79.3 Å². The second-order valence-corrected chi connectivity index (χ2v) is 6.62. The van der Waals surface area contributed by atoms with E-state index in [-0.39, 0.29) is 5.41 Å². The smallest absolute Gasteiger partial charge is 0.113 e. The van der Waals surface area contributed by atoms with E-state index in [1.165, 1.54) is 11.1 Å². The Hall–Kier alpha value is -2.09. The van der Waals surface area contributed by atoms with Crippen LogP contribution < -0.4 is 0 Å². The van der Waals surface area contributed by atoms with Crippen molar-refractivity contribution in [3.05, 3.63) is 77.9 Å². The van der Waals surface area contributed by atoms with E-state index < -0.39 is 0 Å². The fourth-order valence-electron chi connectivity index (χ4n) is 3.62. The van der Waals surface area contributed by atoms with E-state index in [1.807, 2.05) is 12.4 Å². The van der Waals surface area contributed by atoms with Gasteiger partial charge in [0.2, 0.25) is 0 Å². The molecule has 2 heteroatoms. The average molecular weight is 292 g/mol. The highest BCUT2D eigenvalue weighted by molar-refractivity contribution is 5.34. The highest BCUT2D eigenvalue weighted by Crippen LogP contribution is 2.49. The summed E-state index contributed by atoms with van der Waals surface area (Å²) in [5.74, 6) is 1.88. The Morgan fingerprint density at radius 1 is 1.27 bits per heavy atom. The van der Waals surface area contributed by atoms with E-state index in [9.17, 15) is 0 Å². The summed E-state index contributed by atoms with van der Waals surface area (Å²) in [6.45, 7) is 6.94. The summed E-state index contributed by atoms with van der Waals surface area (Å²) in [4.78, 5) is 7.82. The summed E-state index contributed by atoms with van der Waals surface area (Å²) >= 11 is 0. The van der Waals surface area contributed by atoms with Crippen LogP contribution in [0.1, 0.15) is 50.4 Å². The van der Waals surface area contributed by atoms with Gasteiger partial charge in [-0.05, 0) is 24.8 Å². The Labute approximate surface area is 133 Å². The van der Waals surface area contributed by atoms with Gasteiger partial charge in [0.05, 0.1) is 0 Å². The lowest BCUT2D eigenvalue weighted by molar-refractivity contribution is 0.293. The minimum absolute atomic E-state index is 0.0852. The van der Waals surface area contributed by atoms with Crippen molar-refractivity contribution in [2.45, 2.75) is 39.0 Å². The molecule has 0 radical (unpaired) electrons. The first-order valence-electron chi connectivity index (χ1n) is 8.01. The van der Waals surface area contributed by atoms with Gasteiger partial charge >= 0.3 is 0 Å². The highest BCUT2D eigenvalue weighted by atomic mass is 14.9. The van der Waals surface area contributed by atoms with Crippen LogP contribution in [-0.2, 0) is 0 Å². The zero-order valence-corrected chi connectivity index (χ0v) is 13.6. The number of rotatable bonds is 4. The van der Waals surface area contributed by atoms with Crippen LogP contribution in [0.4, 0.5) is 0 Å². The van der Waals surface area contributed by atoms with Gasteiger partial charge < -0.3 is 4.98 Å². The number of nitrogens with one attached hydrogen (secondary N) is 1. The van der Waals surface area contributed by atoms with Crippen molar-refractivity contribution in [2.24, 2.45) is 5.41 Å². The zero-order chi connectivity index (χ0) is 15.6. The second kappa shape index (κ2) is 5.96. The maximum absolute atomic E-state index is 4.52. The molecule has 0 amide bonds. The molecule has 0 saturated heterocycles. The third-order valence-corrected chi connectivity index (χ3v) is 5.15. The van der Waals surface area contributed by atoms with E-state index >= 15 is 0 Å². The molecule has 0 fully saturated rings. The Morgan fingerprint density at radius 3 is 2.73 bits per heavy atom. The molecule has 2 aromatic rings. The van der Waals surface area contributed by atoms with Gasteiger partial charge in [0.25, 0.3) is 0 Å². The monoisotopic (exact) mass is 292 g/mol. The number of benzene rings is 1. The van der Waals surface area contributed by atoms with Crippen molar-refractivity contribution < 1.29 is 0 Å². The number of aromatic amines is 1. The first-order chi connectivity index (χ1) is 10.6.